The van der Waals surface area contributed by atoms with Crippen molar-refractivity contribution in [2.24, 2.45) is 0 Å². The van der Waals surface area contributed by atoms with Gasteiger partial charge in [-0.3, -0.25) is 0 Å². The van der Waals surface area contributed by atoms with Gasteiger partial charge in [-0.15, -0.1) is 5.10 Å². The van der Waals surface area contributed by atoms with E-state index in [-0.39, 0.29) is 0 Å². The molecular weight excluding hydrogens is 279 g/mol. The minimum absolute atomic E-state index is 0.315. The molecule has 0 radical (unpaired) electrons. The maximum atomic E-state index is 12.7. The quantitative estimate of drug-likeness (QED) is 0.760. The summed E-state index contributed by atoms with van der Waals surface area (Å²) in [6, 6.07) is 12.4. The highest BCUT2D eigenvalue weighted by Crippen LogP contribution is 2.31. The van der Waals surface area contributed by atoms with Gasteiger partial charge in [0.2, 0.25) is 0 Å². The highest BCUT2D eigenvalue weighted by Gasteiger charge is 2.30. The van der Waals surface area contributed by atoms with Gasteiger partial charge in [0.05, 0.1) is 11.8 Å². The molecule has 0 aliphatic heterocycles. The zero-order valence-electron chi connectivity index (χ0n) is 10.7. The van der Waals surface area contributed by atoms with Gasteiger partial charge in [-0.05, 0) is 18.2 Å². The summed E-state index contributed by atoms with van der Waals surface area (Å²) in [7, 11) is 0. The van der Waals surface area contributed by atoms with E-state index in [2.05, 4.69) is 15.5 Å². The highest BCUT2D eigenvalue weighted by molar-refractivity contribution is 5.92. The zero-order chi connectivity index (χ0) is 14.9. The molecule has 3 aromatic rings. The number of fused-ring (bicyclic) bond motifs is 1. The maximum absolute atomic E-state index is 12.7. The van der Waals surface area contributed by atoms with Gasteiger partial charge in [-0.2, -0.15) is 18.3 Å². The number of benzene rings is 2. The second-order valence-electron chi connectivity index (χ2n) is 4.48. The smallest absolute Gasteiger partial charge is 0.338 e. The molecule has 3 rings (SSSR count). The fraction of sp³-hybridized carbons (Fsp3) is 0.0667. The summed E-state index contributed by atoms with van der Waals surface area (Å²) in [4.78, 5) is 0. The number of alkyl halides is 3. The number of hydrogen-bond acceptors (Lipinski definition) is 3. The second kappa shape index (κ2) is 5.05. The van der Waals surface area contributed by atoms with Crippen molar-refractivity contribution in [3.05, 3.63) is 60.3 Å². The van der Waals surface area contributed by atoms with E-state index in [1.165, 1.54) is 6.07 Å². The molecule has 106 valence electrons. The molecule has 3 nitrogen and oxygen atoms in total. The van der Waals surface area contributed by atoms with Gasteiger partial charge in [-0.1, -0.05) is 30.3 Å². The predicted octanol–water partition coefficient (Wildman–Crippen LogP) is 4.39. The number of rotatable bonds is 2. The van der Waals surface area contributed by atoms with E-state index in [1.807, 2.05) is 24.3 Å². The van der Waals surface area contributed by atoms with Crippen LogP contribution < -0.4 is 5.32 Å². The molecule has 0 fully saturated rings. The van der Waals surface area contributed by atoms with Gasteiger partial charge in [0.15, 0.2) is 5.82 Å². The third kappa shape index (κ3) is 2.79. The zero-order valence-corrected chi connectivity index (χ0v) is 10.7. The molecule has 0 unspecified atom stereocenters. The maximum Gasteiger partial charge on any atom is 0.416 e. The van der Waals surface area contributed by atoms with Crippen LogP contribution in [0.2, 0.25) is 0 Å². The van der Waals surface area contributed by atoms with Gasteiger partial charge >= 0.3 is 6.18 Å². The van der Waals surface area contributed by atoms with E-state index in [1.54, 1.807) is 12.3 Å². The Morgan fingerprint density at radius 1 is 0.952 bits per heavy atom. The monoisotopic (exact) mass is 289 g/mol. The number of nitrogens with one attached hydrogen (secondary N) is 1. The van der Waals surface area contributed by atoms with Gasteiger partial charge in [0, 0.05) is 16.5 Å². The predicted molar refractivity (Wildman–Crippen MR) is 74.3 cm³/mol. The number of aromatic nitrogens is 2. The van der Waals surface area contributed by atoms with Gasteiger partial charge < -0.3 is 5.32 Å². The molecule has 2 aromatic carbocycles. The van der Waals surface area contributed by atoms with Crippen molar-refractivity contribution < 1.29 is 13.2 Å². The first-order valence-corrected chi connectivity index (χ1v) is 6.19. The molecule has 1 N–H and O–H groups in total. The molecule has 0 aliphatic rings. The largest absolute Gasteiger partial charge is 0.416 e. The fourth-order valence-corrected chi connectivity index (χ4v) is 2.03. The molecule has 21 heavy (non-hydrogen) atoms. The van der Waals surface area contributed by atoms with Crippen LogP contribution in [0.3, 0.4) is 0 Å². The topological polar surface area (TPSA) is 37.8 Å². The molecule has 0 saturated heterocycles. The molecule has 0 spiro atoms. The second-order valence-corrected chi connectivity index (χ2v) is 4.48. The van der Waals surface area contributed by atoms with Crippen LogP contribution >= 0.6 is 0 Å². The average Bonchev–Trinajstić information content (AvgIpc) is 2.47. The fourth-order valence-electron chi connectivity index (χ4n) is 2.03. The summed E-state index contributed by atoms with van der Waals surface area (Å²) in [5, 5.41) is 12.3. The summed E-state index contributed by atoms with van der Waals surface area (Å²) < 4.78 is 38.1. The van der Waals surface area contributed by atoms with E-state index in [0.717, 1.165) is 22.9 Å². The molecule has 1 aromatic heterocycles. The first-order chi connectivity index (χ1) is 10.0. The Kier molecular flexibility index (Phi) is 3.21. The minimum Gasteiger partial charge on any atom is -0.338 e. The molecule has 0 saturated carbocycles. The molecule has 1 heterocycles. The summed E-state index contributed by atoms with van der Waals surface area (Å²) >= 11 is 0. The highest BCUT2D eigenvalue weighted by atomic mass is 19.4. The normalized spacial score (nSPS) is 11.6. The van der Waals surface area contributed by atoms with Gasteiger partial charge in [-0.25, -0.2) is 0 Å². The number of nitrogens with zero attached hydrogens (tertiary/aromatic N) is 2. The van der Waals surface area contributed by atoms with Crippen LogP contribution in [0.15, 0.2) is 54.7 Å². The van der Waals surface area contributed by atoms with E-state index in [4.69, 9.17) is 0 Å². The number of hydrogen-bond donors (Lipinski definition) is 1. The number of anilines is 2. The first kappa shape index (κ1) is 13.4. The van der Waals surface area contributed by atoms with Crippen molar-refractivity contribution >= 4 is 22.3 Å². The van der Waals surface area contributed by atoms with Crippen LogP contribution in [0.4, 0.5) is 24.7 Å². The number of halogens is 3. The van der Waals surface area contributed by atoms with Crippen molar-refractivity contribution in [3.8, 4) is 0 Å². The van der Waals surface area contributed by atoms with Crippen molar-refractivity contribution in [1.82, 2.24) is 10.2 Å². The lowest BCUT2D eigenvalue weighted by atomic mass is 10.1. The molecule has 0 bridgehead atoms. The lowest BCUT2D eigenvalue weighted by molar-refractivity contribution is -0.137. The summed E-state index contributed by atoms with van der Waals surface area (Å²) in [5.74, 6) is 0.424. The Bertz CT molecular complexity index is 779. The van der Waals surface area contributed by atoms with E-state index < -0.39 is 11.7 Å². The Morgan fingerprint density at radius 3 is 2.57 bits per heavy atom. The van der Waals surface area contributed by atoms with Crippen molar-refractivity contribution in [2.45, 2.75) is 6.18 Å². The van der Waals surface area contributed by atoms with E-state index >= 15 is 0 Å². The summed E-state index contributed by atoms with van der Waals surface area (Å²) in [6.45, 7) is 0. The van der Waals surface area contributed by atoms with Crippen molar-refractivity contribution in [3.63, 3.8) is 0 Å². The first-order valence-electron chi connectivity index (χ1n) is 6.19. The average molecular weight is 289 g/mol. The van der Waals surface area contributed by atoms with Gasteiger partial charge in [0.25, 0.3) is 0 Å². The SMILES string of the molecule is FC(F)(F)c1cccc(Nc2nncc3ccccc23)c1. The Hall–Kier alpha value is -2.63. The lowest BCUT2D eigenvalue weighted by Gasteiger charge is -2.11. The van der Waals surface area contributed by atoms with Crippen LogP contribution in [0, 0.1) is 0 Å². The standard InChI is InChI=1S/C15H10F3N3/c16-15(17,18)11-5-3-6-12(8-11)20-14-13-7-2-1-4-10(13)9-19-21-14/h1-9H,(H,20,21). The third-order valence-corrected chi connectivity index (χ3v) is 3.02. The Labute approximate surface area is 118 Å². The molecule has 0 aliphatic carbocycles. The van der Waals surface area contributed by atoms with Crippen LogP contribution in [-0.4, -0.2) is 10.2 Å². The van der Waals surface area contributed by atoms with Gasteiger partial charge in [0.1, 0.15) is 0 Å². The summed E-state index contributed by atoms with van der Waals surface area (Å²) in [6.07, 6.45) is -2.77. The lowest BCUT2D eigenvalue weighted by Crippen LogP contribution is -2.05. The molecule has 0 atom stereocenters. The van der Waals surface area contributed by atoms with Crippen molar-refractivity contribution in [2.75, 3.05) is 5.32 Å². The van der Waals surface area contributed by atoms with Crippen LogP contribution in [0.25, 0.3) is 10.8 Å². The van der Waals surface area contributed by atoms with Crippen LogP contribution in [-0.2, 0) is 6.18 Å². The van der Waals surface area contributed by atoms with E-state index in [0.29, 0.717) is 11.5 Å². The van der Waals surface area contributed by atoms with Crippen molar-refractivity contribution in [1.29, 1.82) is 0 Å². The van der Waals surface area contributed by atoms with Crippen LogP contribution in [0.5, 0.6) is 0 Å². The summed E-state index contributed by atoms with van der Waals surface area (Å²) in [5.41, 5.74) is -0.392. The Morgan fingerprint density at radius 2 is 1.76 bits per heavy atom. The Balaban J connectivity index is 1.99. The van der Waals surface area contributed by atoms with E-state index in [9.17, 15) is 13.2 Å². The molecule has 6 heteroatoms. The van der Waals surface area contributed by atoms with Crippen LogP contribution in [0.1, 0.15) is 5.56 Å². The minimum atomic E-state index is -4.37. The molecular formula is C15H10F3N3. The molecule has 0 amide bonds. The third-order valence-electron chi connectivity index (χ3n) is 3.02.